The maximum atomic E-state index is 13.5. The molecule has 0 aromatic heterocycles. The second kappa shape index (κ2) is 13.5. The number of ether oxygens (including phenoxy) is 2. The minimum atomic E-state index is -1.12. The van der Waals surface area contributed by atoms with E-state index in [1.165, 1.54) is 6.92 Å². The van der Waals surface area contributed by atoms with Crippen LogP contribution >= 0.6 is 11.8 Å². The zero-order valence-corrected chi connectivity index (χ0v) is 22.2. The number of hydrogen-bond acceptors (Lipinski definition) is 7. The van der Waals surface area contributed by atoms with Gasteiger partial charge in [0.2, 0.25) is 11.8 Å². The zero-order valence-electron chi connectivity index (χ0n) is 21.3. The predicted octanol–water partition coefficient (Wildman–Crippen LogP) is 3.41. The van der Waals surface area contributed by atoms with E-state index in [4.69, 9.17) is 9.47 Å². The lowest BCUT2D eigenvalue weighted by Gasteiger charge is -2.33. The van der Waals surface area contributed by atoms with Crippen LogP contribution < -0.4 is 15.4 Å². The van der Waals surface area contributed by atoms with Crippen molar-refractivity contribution in [2.45, 2.75) is 83.6 Å². The highest BCUT2D eigenvalue weighted by Gasteiger charge is 2.45. The quantitative estimate of drug-likeness (QED) is 0.418. The standard InChI is InChI=1S/C26H38N2O6S/c1-6-33-20-12-10-19(11-13-20)16-21(24(31)34-7-2)27-25(32)26(14-8-9-15-26)28-23(30)22(17(3)4)35-18(5)29/h10-13,17,21-22H,6-9,14-16H2,1-5H3,(H,27,32)(H,28,30)/t21-,22+/m0/s1. The molecule has 0 saturated heterocycles. The van der Waals surface area contributed by atoms with Crippen molar-refractivity contribution < 1.29 is 28.7 Å². The summed E-state index contributed by atoms with van der Waals surface area (Å²) in [6.07, 6.45) is 2.75. The molecule has 35 heavy (non-hydrogen) atoms. The normalized spacial score (nSPS) is 16.3. The van der Waals surface area contributed by atoms with E-state index in [1.54, 1.807) is 6.92 Å². The number of nitrogens with one attached hydrogen (secondary N) is 2. The fourth-order valence-electron chi connectivity index (χ4n) is 4.22. The molecule has 0 aliphatic heterocycles. The molecule has 0 unspecified atom stereocenters. The molecule has 1 aromatic carbocycles. The molecule has 2 amide bonds. The van der Waals surface area contributed by atoms with Crippen LogP contribution in [0.5, 0.6) is 5.75 Å². The highest BCUT2D eigenvalue weighted by atomic mass is 32.2. The SMILES string of the molecule is CCOC(=O)[C@H](Cc1ccc(OCC)cc1)NC(=O)C1(NC(=O)[C@H](SC(C)=O)C(C)C)CCCC1. The van der Waals surface area contributed by atoms with Crippen molar-refractivity contribution in [3.05, 3.63) is 29.8 Å². The van der Waals surface area contributed by atoms with E-state index in [2.05, 4.69) is 10.6 Å². The van der Waals surface area contributed by atoms with Crippen molar-refractivity contribution in [3.63, 3.8) is 0 Å². The molecule has 1 aliphatic rings. The van der Waals surface area contributed by atoms with Crippen LogP contribution in [0.3, 0.4) is 0 Å². The first-order valence-electron chi connectivity index (χ1n) is 12.3. The number of hydrogen-bond donors (Lipinski definition) is 2. The van der Waals surface area contributed by atoms with Crippen LogP contribution in [0.25, 0.3) is 0 Å². The highest BCUT2D eigenvalue weighted by molar-refractivity contribution is 8.14. The fourth-order valence-corrected chi connectivity index (χ4v) is 5.02. The molecule has 1 aromatic rings. The Bertz CT molecular complexity index is 880. The summed E-state index contributed by atoms with van der Waals surface area (Å²) >= 11 is 0.974. The Balaban J connectivity index is 2.21. The number of esters is 1. The van der Waals surface area contributed by atoms with Crippen molar-refractivity contribution in [1.82, 2.24) is 10.6 Å². The number of rotatable bonds is 12. The Morgan fingerprint density at radius 2 is 1.66 bits per heavy atom. The molecule has 0 spiro atoms. The second-order valence-electron chi connectivity index (χ2n) is 9.11. The summed E-state index contributed by atoms with van der Waals surface area (Å²) in [5.41, 5.74) is -0.278. The molecule has 2 rings (SSSR count). The van der Waals surface area contributed by atoms with Crippen molar-refractivity contribution in [2.75, 3.05) is 13.2 Å². The molecule has 1 saturated carbocycles. The first kappa shape index (κ1) is 28.7. The minimum absolute atomic E-state index is 0.0858. The lowest BCUT2D eigenvalue weighted by molar-refractivity contribution is -0.148. The zero-order chi connectivity index (χ0) is 26.0. The Morgan fingerprint density at radius 1 is 1.03 bits per heavy atom. The van der Waals surface area contributed by atoms with Crippen LogP contribution in [-0.4, -0.2) is 52.9 Å². The van der Waals surface area contributed by atoms with Crippen LogP contribution in [0, 0.1) is 5.92 Å². The number of carbonyl (C=O) groups excluding carboxylic acids is 4. The molecule has 1 fully saturated rings. The van der Waals surface area contributed by atoms with Gasteiger partial charge in [-0.15, -0.1) is 0 Å². The molecule has 0 heterocycles. The molecule has 0 radical (unpaired) electrons. The van der Waals surface area contributed by atoms with Gasteiger partial charge in [0, 0.05) is 13.3 Å². The van der Waals surface area contributed by atoms with Gasteiger partial charge >= 0.3 is 5.97 Å². The predicted molar refractivity (Wildman–Crippen MR) is 136 cm³/mol. The van der Waals surface area contributed by atoms with E-state index < -0.39 is 28.7 Å². The van der Waals surface area contributed by atoms with Crippen molar-refractivity contribution in [3.8, 4) is 5.75 Å². The van der Waals surface area contributed by atoms with E-state index in [0.717, 1.165) is 35.9 Å². The number of thioether (sulfide) groups is 1. The van der Waals surface area contributed by atoms with Gasteiger partial charge in [-0.05, 0) is 50.3 Å². The first-order valence-corrected chi connectivity index (χ1v) is 13.2. The summed E-state index contributed by atoms with van der Waals surface area (Å²) in [6.45, 7) is 9.53. The maximum absolute atomic E-state index is 13.5. The summed E-state index contributed by atoms with van der Waals surface area (Å²) < 4.78 is 10.7. The third kappa shape index (κ3) is 8.26. The molecule has 2 N–H and O–H groups in total. The molecule has 0 bridgehead atoms. The average molecular weight is 507 g/mol. The highest BCUT2D eigenvalue weighted by Crippen LogP contribution is 2.32. The van der Waals surface area contributed by atoms with Crippen LogP contribution in [0.1, 0.15) is 65.9 Å². The smallest absolute Gasteiger partial charge is 0.328 e. The lowest BCUT2D eigenvalue weighted by Crippen LogP contribution is -2.61. The maximum Gasteiger partial charge on any atom is 0.328 e. The van der Waals surface area contributed by atoms with Gasteiger partial charge in [0.15, 0.2) is 5.12 Å². The van der Waals surface area contributed by atoms with Crippen molar-refractivity contribution in [2.24, 2.45) is 5.92 Å². The van der Waals surface area contributed by atoms with Crippen molar-refractivity contribution >= 4 is 34.7 Å². The summed E-state index contributed by atoms with van der Waals surface area (Å²) in [5.74, 6) is -0.624. The Kier molecular flexibility index (Phi) is 11.1. The van der Waals surface area contributed by atoms with Gasteiger partial charge in [-0.3, -0.25) is 14.4 Å². The molecular weight excluding hydrogens is 468 g/mol. The van der Waals surface area contributed by atoms with Gasteiger partial charge in [-0.1, -0.05) is 50.6 Å². The second-order valence-corrected chi connectivity index (χ2v) is 10.4. The van der Waals surface area contributed by atoms with E-state index in [-0.39, 0.29) is 30.0 Å². The molecule has 194 valence electrons. The van der Waals surface area contributed by atoms with Gasteiger partial charge in [0.1, 0.15) is 17.3 Å². The summed E-state index contributed by atoms with van der Waals surface area (Å²) in [7, 11) is 0. The summed E-state index contributed by atoms with van der Waals surface area (Å²) in [6, 6.07) is 6.44. The number of amides is 2. The van der Waals surface area contributed by atoms with Gasteiger partial charge in [-0.25, -0.2) is 4.79 Å². The number of benzene rings is 1. The Hall–Kier alpha value is -2.55. The van der Waals surface area contributed by atoms with Crippen LogP contribution in [0.2, 0.25) is 0 Å². The van der Waals surface area contributed by atoms with Crippen LogP contribution in [0.15, 0.2) is 24.3 Å². The van der Waals surface area contributed by atoms with Crippen LogP contribution in [0.4, 0.5) is 0 Å². The van der Waals surface area contributed by atoms with E-state index in [1.807, 2.05) is 45.0 Å². The molecule has 2 atom stereocenters. The van der Waals surface area contributed by atoms with Crippen LogP contribution in [-0.2, 0) is 30.3 Å². The lowest BCUT2D eigenvalue weighted by atomic mass is 9.94. The van der Waals surface area contributed by atoms with E-state index in [9.17, 15) is 19.2 Å². The van der Waals surface area contributed by atoms with E-state index in [0.29, 0.717) is 19.4 Å². The molecule has 9 heteroatoms. The largest absolute Gasteiger partial charge is 0.494 e. The fraction of sp³-hybridized carbons (Fsp3) is 0.615. The number of carbonyl (C=O) groups is 4. The third-order valence-corrected chi connectivity index (χ3v) is 7.31. The Labute approximate surface area is 212 Å². The summed E-state index contributed by atoms with van der Waals surface area (Å²) in [5, 5.41) is 5.06. The summed E-state index contributed by atoms with van der Waals surface area (Å²) in [4.78, 5) is 51.0. The monoisotopic (exact) mass is 506 g/mol. The Morgan fingerprint density at radius 3 is 2.17 bits per heavy atom. The van der Waals surface area contributed by atoms with E-state index >= 15 is 0 Å². The van der Waals surface area contributed by atoms with Gasteiger partial charge in [0.05, 0.1) is 18.5 Å². The first-order chi connectivity index (χ1) is 16.6. The third-order valence-electron chi connectivity index (χ3n) is 5.96. The molecule has 1 aliphatic carbocycles. The molecule has 8 nitrogen and oxygen atoms in total. The van der Waals surface area contributed by atoms with Gasteiger partial charge in [0.25, 0.3) is 0 Å². The van der Waals surface area contributed by atoms with Crippen molar-refractivity contribution in [1.29, 1.82) is 0 Å². The average Bonchev–Trinajstić information content (AvgIpc) is 3.28. The van der Waals surface area contributed by atoms with Gasteiger partial charge in [-0.2, -0.15) is 0 Å². The molecular formula is C26H38N2O6S. The van der Waals surface area contributed by atoms with Gasteiger partial charge < -0.3 is 20.1 Å². The topological polar surface area (TPSA) is 111 Å². The minimum Gasteiger partial charge on any atom is -0.494 e.